The number of aromatic nitrogens is 1. The van der Waals surface area contributed by atoms with E-state index in [1.807, 2.05) is 12.3 Å². The Labute approximate surface area is 146 Å². The van der Waals surface area contributed by atoms with Crippen LogP contribution >= 0.6 is 11.3 Å². The van der Waals surface area contributed by atoms with Gasteiger partial charge in [-0.25, -0.2) is 14.1 Å². The highest BCUT2D eigenvalue weighted by atomic mass is 32.1. The maximum atomic E-state index is 13.8. The highest BCUT2D eigenvalue weighted by Crippen LogP contribution is 2.36. The van der Waals surface area contributed by atoms with Gasteiger partial charge in [-0.2, -0.15) is 5.10 Å². The number of aryl methyl sites for hydroxylation is 1. The predicted molar refractivity (Wildman–Crippen MR) is 93.1 cm³/mol. The Morgan fingerprint density at radius 3 is 2.60 bits per heavy atom. The van der Waals surface area contributed by atoms with E-state index in [1.54, 1.807) is 18.2 Å². The van der Waals surface area contributed by atoms with Crippen molar-refractivity contribution >= 4 is 23.2 Å². The maximum Gasteiger partial charge on any atom is 0.211 e. The quantitative estimate of drug-likeness (QED) is 0.495. The molecule has 0 saturated heterocycles. The first-order valence-electron chi connectivity index (χ1n) is 7.22. The molecule has 6 nitrogen and oxygen atoms in total. The Hall–Kier alpha value is -3.13. The average molecular weight is 359 g/mol. The Morgan fingerprint density at radius 1 is 1.08 bits per heavy atom. The third-order valence-corrected chi connectivity index (χ3v) is 4.33. The summed E-state index contributed by atoms with van der Waals surface area (Å²) in [5.41, 5.74) is 1.17. The number of para-hydroxylation sites is 1. The Morgan fingerprint density at radius 2 is 1.84 bits per heavy atom. The van der Waals surface area contributed by atoms with Gasteiger partial charge in [0.2, 0.25) is 10.6 Å². The minimum atomic E-state index is -0.618. The number of thiazole rings is 1. The molecule has 0 radical (unpaired) electrons. The average Bonchev–Trinajstić information content (AvgIpc) is 2.94. The van der Waals surface area contributed by atoms with Crippen molar-refractivity contribution in [3.8, 4) is 17.2 Å². The van der Waals surface area contributed by atoms with Gasteiger partial charge in [0, 0.05) is 10.9 Å². The molecule has 0 fully saturated rings. The largest absolute Gasteiger partial charge is 0.504 e. The number of phenolic OH excluding ortho intramolecular Hbond substituents is 3. The van der Waals surface area contributed by atoms with Crippen LogP contribution in [0.2, 0.25) is 0 Å². The Balaban J connectivity index is 2.04. The first kappa shape index (κ1) is 16.7. The second kappa shape index (κ2) is 6.78. The topological polar surface area (TPSA) is 90.3 Å². The number of hydrogen-bond donors (Lipinski definition) is 3. The van der Waals surface area contributed by atoms with E-state index < -0.39 is 23.1 Å². The van der Waals surface area contributed by atoms with Crippen LogP contribution in [0, 0.1) is 12.7 Å². The van der Waals surface area contributed by atoms with E-state index in [9.17, 15) is 19.7 Å². The van der Waals surface area contributed by atoms with Crippen molar-refractivity contribution in [1.29, 1.82) is 0 Å². The minimum Gasteiger partial charge on any atom is -0.504 e. The van der Waals surface area contributed by atoms with E-state index in [0.717, 1.165) is 5.69 Å². The summed E-state index contributed by atoms with van der Waals surface area (Å²) in [7, 11) is 0. The predicted octanol–water partition coefficient (Wildman–Crippen LogP) is 3.23. The first-order valence-corrected chi connectivity index (χ1v) is 8.10. The van der Waals surface area contributed by atoms with Crippen LogP contribution in [0.3, 0.4) is 0 Å². The molecule has 0 atom stereocenters. The lowest BCUT2D eigenvalue weighted by atomic mass is 10.2. The van der Waals surface area contributed by atoms with Crippen molar-refractivity contribution in [3.63, 3.8) is 0 Å². The zero-order valence-electron chi connectivity index (χ0n) is 13.1. The molecule has 3 N–H and O–H groups in total. The van der Waals surface area contributed by atoms with Crippen LogP contribution in [-0.4, -0.2) is 26.2 Å². The van der Waals surface area contributed by atoms with Gasteiger partial charge in [0.05, 0.1) is 11.9 Å². The Kier molecular flexibility index (Phi) is 4.53. The molecule has 2 aromatic carbocycles. The van der Waals surface area contributed by atoms with E-state index in [0.29, 0.717) is 4.80 Å². The number of phenols is 3. The van der Waals surface area contributed by atoms with Crippen LogP contribution in [0.4, 0.5) is 10.1 Å². The van der Waals surface area contributed by atoms with Crippen molar-refractivity contribution in [3.05, 3.63) is 63.7 Å². The Bertz CT molecular complexity index is 1020. The van der Waals surface area contributed by atoms with Crippen LogP contribution < -0.4 is 4.80 Å². The van der Waals surface area contributed by atoms with Gasteiger partial charge >= 0.3 is 0 Å². The van der Waals surface area contributed by atoms with E-state index >= 15 is 0 Å². The van der Waals surface area contributed by atoms with Crippen LogP contribution in [-0.2, 0) is 0 Å². The van der Waals surface area contributed by atoms with Gasteiger partial charge in [-0.1, -0.05) is 12.1 Å². The van der Waals surface area contributed by atoms with Crippen molar-refractivity contribution in [1.82, 2.24) is 4.68 Å². The standard InChI is InChI=1S/C17H14FN3O3S/c1-10-9-25-17(20-13-5-3-2-4-12(13)18)21(10)19-8-11-6-7-14(22)16(24)15(11)23/h2-9,22-24H,1H3/b19-8+,20-17?. The molecule has 0 bridgehead atoms. The van der Waals surface area contributed by atoms with Gasteiger partial charge < -0.3 is 15.3 Å². The molecule has 0 amide bonds. The second-order valence-corrected chi connectivity index (χ2v) is 5.99. The minimum absolute atomic E-state index is 0.193. The molecule has 0 aliphatic rings. The van der Waals surface area contributed by atoms with E-state index in [4.69, 9.17) is 0 Å². The number of nitrogens with zero attached hydrogens (tertiary/aromatic N) is 3. The molecule has 0 aliphatic heterocycles. The number of halogens is 1. The fraction of sp³-hybridized carbons (Fsp3) is 0.0588. The van der Waals surface area contributed by atoms with Gasteiger partial charge in [-0.3, -0.25) is 0 Å². The molecule has 1 aromatic heterocycles. The summed E-state index contributed by atoms with van der Waals surface area (Å²) in [4.78, 5) is 4.71. The zero-order chi connectivity index (χ0) is 18.0. The molecule has 1 heterocycles. The molecule has 3 aromatic rings. The van der Waals surface area contributed by atoms with Crippen molar-refractivity contribution in [2.45, 2.75) is 6.92 Å². The maximum absolute atomic E-state index is 13.8. The van der Waals surface area contributed by atoms with Gasteiger partial charge in [0.1, 0.15) is 11.5 Å². The summed E-state index contributed by atoms with van der Waals surface area (Å²) < 4.78 is 15.3. The summed E-state index contributed by atoms with van der Waals surface area (Å²) in [6.45, 7) is 1.81. The van der Waals surface area contributed by atoms with E-state index in [-0.39, 0.29) is 11.3 Å². The number of rotatable bonds is 3. The fourth-order valence-electron chi connectivity index (χ4n) is 2.06. The molecule has 8 heteroatoms. The van der Waals surface area contributed by atoms with Gasteiger partial charge in [0.25, 0.3) is 0 Å². The highest BCUT2D eigenvalue weighted by molar-refractivity contribution is 7.07. The first-order chi connectivity index (χ1) is 12.0. The lowest BCUT2D eigenvalue weighted by molar-refractivity contribution is 0.367. The lowest BCUT2D eigenvalue weighted by Gasteiger charge is -2.04. The number of benzene rings is 2. The second-order valence-electron chi connectivity index (χ2n) is 5.15. The molecule has 0 unspecified atom stereocenters. The summed E-state index contributed by atoms with van der Waals surface area (Å²) in [5, 5.41) is 34.8. The molecular formula is C17H14FN3O3S. The summed E-state index contributed by atoms with van der Waals surface area (Å²) in [6.07, 6.45) is 1.31. The monoisotopic (exact) mass is 359 g/mol. The SMILES string of the molecule is Cc1csc(=Nc2ccccc2F)n1/N=C/c1ccc(O)c(O)c1O. The highest BCUT2D eigenvalue weighted by Gasteiger charge is 2.09. The van der Waals surface area contributed by atoms with Crippen molar-refractivity contribution in [2.24, 2.45) is 10.1 Å². The van der Waals surface area contributed by atoms with Gasteiger partial charge in [-0.15, -0.1) is 11.3 Å². The summed E-state index contributed by atoms with van der Waals surface area (Å²) in [5.74, 6) is -1.97. The van der Waals surface area contributed by atoms with Crippen LogP contribution in [0.5, 0.6) is 17.2 Å². The zero-order valence-corrected chi connectivity index (χ0v) is 13.9. The number of aromatic hydroxyl groups is 3. The number of hydrogen-bond acceptors (Lipinski definition) is 6. The van der Waals surface area contributed by atoms with E-state index in [2.05, 4.69) is 10.1 Å². The third kappa shape index (κ3) is 3.38. The molecule has 0 spiro atoms. The van der Waals surface area contributed by atoms with Crippen molar-refractivity contribution < 1.29 is 19.7 Å². The molecule has 0 aliphatic carbocycles. The van der Waals surface area contributed by atoms with Crippen molar-refractivity contribution in [2.75, 3.05) is 0 Å². The summed E-state index contributed by atoms with van der Waals surface area (Å²) in [6, 6.07) is 8.80. The fourth-order valence-corrected chi connectivity index (χ4v) is 2.87. The summed E-state index contributed by atoms with van der Waals surface area (Å²) >= 11 is 1.29. The molecular weight excluding hydrogens is 345 g/mol. The molecule has 128 valence electrons. The van der Waals surface area contributed by atoms with E-state index in [1.165, 1.54) is 40.4 Å². The molecule has 3 rings (SSSR count). The van der Waals surface area contributed by atoms with Crippen LogP contribution in [0.25, 0.3) is 0 Å². The molecule has 25 heavy (non-hydrogen) atoms. The van der Waals surface area contributed by atoms with Crippen LogP contribution in [0.1, 0.15) is 11.3 Å². The van der Waals surface area contributed by atoms with Gasteiger partial charge in [-0.05, 0) is 31.2 Å². The van der Waals surface area contributed by atoms with Gasteiger partial charge in [0.15, 0.2) is 11.5 Å². The van der Waals surface area contributed by atoms with Crippen LogP contribution in [0.15, 0.2) is 51.9 Å². The smallest absolute Gasteiger partial charge is 0.211 e. The normalized spacial score (nSPS) is 12.2. The lowest BCUT2D eigenvalue weighted by Crippen LogP contribution is -2.11. The molecule has 0 saturated carbocycles. The third-order valence-electron chi connectivity index (χ3n) is 3.39.